The SMILES string of the molecule is C=CCN(C)C[C@@H]1O[C@H](c2cccc(NC(=O)CCCC(=O)O)c2)O[C@H](c2ccc(CO)cc2)[C@@H]1C. The van der Waals surface area contributed by atoms with E-state index in [0.29, 0.717) is 12.2 Å². The number of anilines is 1. The first-order valence-electron chi connectivity index (χ1n) is 12.2. The summed E-state index contributed by atoms with van der Waals surface area (Å²) < 4.78 is 12.9. The van der Waals surface area contributed by atoms with Gasteiger partial charge in [0.2, 0.25) is 5.91 Å². The minimum Gasteiger partial charge on any atom is -0.481 e. The van der Waals surface area contributed by atoms with E-state index < -0.39 is 12.3 Å². The summed E-state index contributed by atoms with van der Waals surface area (Å²) in [4.78, 5) is 25.1. The summed E-state index contributed by atoms with van der Waals surface area (Å²) in [5, 5.41) is 21.0. The molecule has 0 bridgehead atoms. The second-order valence-corrected chi connectivity index (χ2v) is 9.25. The van der Waals surface area contributed by atoms with Crippen LogP contribution in [0.5, 0.6) is 0 Å². The number of likely N-dealkylation sites (N-methyl/N-ethyl adjacent to an activating group) is 1. The van der Waals surface area contributed by atoms with Crippen molar-refractivity contribution in [2.45, 2.75) is 51.3 Å². The molecule has 8 nitrogen and oxygen atoms in total. The Kier molecular flexibility index (Phi) is 10.2. The number of aliphatic hydroxyl groups excluding tert-OH is 1. The van der Waals surface area contributed by atoms with Gasteiger partial charge in [0, 0.05) is 43.1 Å². The summed E-state index contributed by atoms with van der Waals surface area (Å²) in [7, 11) is 2.02. The number of benzene rings is 2. The molecule has 3 rings (SSSR count). The minimum absolute atomic E-state index is 0.0170. The normalized spacial score (nSPS) is 21.8. The number of aliphatic carboxylic acids is 1. The quantitative estimate of drug-likeness (QED) is 0.376. The highest BCUT2D eigenvalue weighted by Crippen LogP contribution is 2.42. The molecule has 194 valence electrons. The van der Waals surface area contributed by atoms with E-state index in [4.69, 9.17) is 14.6 Å². The Morgan fingerprint density at radius 1 is 1.11 bits per heavy atom. The van der Waals surface area contributed by atoms with Gasteiger partial charge >= 0.3 is 5.97 Å². The van der Waals surface area contributed by atoms with E-state index in [9.17, 15) is 14.7 Å². The van der Waals surface area contributed by atoms with Gasteiger partial charge in [-0.25, -0.2) is 0 Å². The summed E-state index contributed by atoms with van der Waals surface area (Å²) in [5.74, 6) is -1.09. The number of carboxylic acid groups (broad SMARTS) is 1. The number of hydrogen-bond donors (Lipinski definition) is 3. The van der Waals surface area contributed by atoms with Crippen LogP contribution in [0.2, 0.25) is 0 Å². The van der Waals surface area contributed by atoms with Crippen molar-refractivity contribution in [1.82, 2.24) is 4.90 Å². The third-order valence-corrected chi connectivity index (χ3v) is 6.29. The van der Waals surface area contributed by atoms with Crippen LogP contribution in [0.3, 0.4) is 0 Å². The molecule has 0 spiro atoms. The van der Waals surface area contributed by atoms with Crippen molar-refractivity contribution in [3.63, 3.8) is 0 Å². The third kappa shape index (κ3) is 7.73. The lowest BCUT2D eigenvalue weighted by Gasteiger charge is -2.42. The smallest absolute Gasteiger partial charge is 0.303 e. The van der Waals surface area contributed by atoms with Crippen LogP contribution in [0.15, 0.2) is 61.2 Å². The highest BCUT2D eigenvalue weighted by atomic mass is 16.7. The molecular weight excluding hydrogens is 460 g/mol. The zero-order valence-electron chi connectivity index (χ0n) is 20.9. The summed E-state index contributed by atoms with van der Waals surface area (Å²) in [6.45, 7) is 7.34. The van der Waals surface area contributed by atoms with E-state index in [1.807, 2.05) is 55.6 Å². The molecule has 1 fully saturated rings. The van der Waals surface area contributed by atoms with Crippen LogP contribution >= 0.6 is 0 Å². The van der Waals surface area contributed by atoms with Crippen molar-refractivity contribution in [3.05, 3.63) is 77.9 Å². The molecule has 8 heteroatoms. The van der Waals surface area contributed by atoms with Gasteiger partial charge in [-0.05, 0) is 36.7 Å². The van der Waals surface area contributed by atoms with Gasteiger partial charge in [0.25, 0.3) is 0 Å². The van der Waals surface area contributed by atoms with Crippen molar-refractivity contribution >= 4 is 17.6 Å². The van der Waals surface area contributed by atoms with Crippen molar-refractivity contribution < 1.29 is 29.3 Å². The molecule has 4 atom stereocenters. The van der Waals surface area contributed by atoms with E-state index in [-0.39, 0.29) is 49.9 Å². The molecule has 1 amide bonds. The van der Waals surface area contributed by atoms with Crippen molar-refractivity contribution in [2.75, 3.05) is 25.5 Å². The van der Waals surface area contributed by atoms with Gasteiger partial charge in [0.1, 0.15) is 0 Å². The second-order valence-electron chi connectivity index (χ2n) is 9.25. The van der Waals surface area contributed by atoms with Gasteiger partial charge in [-0.15, -0.1) is 6.58 Å². The van der Waals surface area contributed by atoms with Crippen LogP contribution in [0.25, 0.3) is 0 Å². The Morgan fingerprint density at radius 2 is 1.86 bits per heavy atom. The monoisotopic (exact) mass is 496 g/mol. The van der Waals surface area contributed by atoms with Crippen molar-refractivity contribution in [3.8, 4) is 0 Å². The number of hydrogen-bond acceptors (Lipinski definition) is 6. The highest BCUT2D eigenvalue weighted by Gasteiger charge is 2.38. The van der Waals surface area contributed by atoms with Gasteiger partial charge in [-0.3, -0.25) is 9.59 Å². The lowest BCUT2D eigenvalue weighted by molar-refractivity contribution is -0.275. The zero-order valence-corrected chi connectivity index (χ0v) is 20.9. The van der Waals surface area contributed by atoms with E-state index >= 15 is 0 Å². The minimum atomic E-state index is -0.917. The summed E-state index contributed by atoms with van der Waals surface area (Å²) in [6, 6.07) is 15.1. The maximum atomic E-state index is 12.3. The molecule has 0 aromatic heterocycles. The Morgan fingerprint density at radius 3 is 2.53 bits per heavy atom. The molecular formula is C28H36N2O6. The molecule has 1 aliphatic rings. The summed E-state index contributed by atoms with van der Waals surface area (Å²) in [5.41, 5.74) is 3.22. The number of carbonyl (C=O) groups excluding carboxylic acids is 1. The molecule has 36 heavy (non-hydrogen) atoms. The van der Waals surface area contributed by atoms with E-state index in [2.05, 4.69) is 23.7 Å². The standard InChI is InChI=1S/C28H36N2O6/c1-4-15-30(3)17-24-19(2)27(21-13-11-20(18-31)12-14-21)36-28(35-24)22-7-5-8-23(16-22)29-25(32)9-6-10-26(33)34/h4-5,7-8,11-14,16,19,24,27-28,31H,1,6,9-10,15,17-18H2,2-3H3,(H,29,32)(H,33,34)/t19-,24+,27+,28+/m1/s1. The largest absolute Gasteiger partial charge is 0.481 e. The van der Waals surface area contributed by atoms with Crippen LogP contribution in [0.4, 0.5) is 5.69 Å². The Labute approximate surface area is 212 Å². The van der Waals surface area contributed by atoms with E-state index in [0.717, 1.165) is 23.2 Å². The van der Waals surface area contributed by atoms with Crippen molar-refractivity contribution in [1.29, 1.82) is 0 Å². The Hall–Kier alpha value is -3.04. The molecule has 3 N–H and O–H groups in total. The molecule has 2 aromatic carbocycles. The number of aliphatic hydroxyl groups is 1. The van der Waals surface area contributed by atoms with E-state index in [1.165, 1.54) is 0 Å². The fourth-order valence-electron chi connectivity index (χ4n) is 4.32. The maximum absolute atomic E-state index is 12.3. The van der Waals surface area contributed by atoms with Gasteiger partial charge in [0.15, 0.2) is 6.29 Å². The molecule has 1 saturated heterocycles. The van der Waals surface area contributed by atoms with Crippen LogP contribution in [0.1, 0.15) is 55.3 Å². The summed E-state index contributed by atoms with van der Waals surface area (Å²) >= 11 is 0. The van der Waals surface area contributed by atoms with Crippen molar-refractivity contribution in [2.24, 2.45) is 5.92 Å². The lowest BCUT2D eigenvalue weighted by atomic mass is 9.90. The first-order valence-corrected chi connectivity index (χ1v) is 12.2. The van der Waals surface area contributed by atoms with Crippen LogP contribution in [-0.2, 0) is 25.7 Å². The Bertz CT molecular complexity index is 1020. The number of ether oxygens (including phenoxy) is 2. The Balaban J connectivity index is 1.80. The molecule has 0 unspecified atom stereocenters. The average Bonchev–Trinajstić information content (AvgIpc) is 2.85. The predicted molar refractivity (Wildman–Crippen MR) is 137 cm³/mol. The van der Waals surface area contributed by atoms with Gasteiger partial charge in [-0.1, -0.05) is 49.4 Å². The van der Waals surface area contributed by atoms with Crippen LogP contribution in [0, 0.1) is 5.92 Å². The first kappa shape index (κ1) is 27.5. The topological polar surface area (TPSA) is 108 Å². The second kappa shape index (κ2) is 13.3. The maximum Gasteiger partial charge on any atom is 0.303 e. The third-order valence-electron chi connectivity index (χ3n) is 6.29. The molecule has 1 heterocycles. The number of carboxylic acids is 1. The van der Waals surface area contributed by atoms with Crippen LogP contribution in [-0.4, -0.2) is 53.2 Å². The van der Waals surface area contributed by atoms with Gasteiger partial charge in [-0.2, -0.15) is 0 Å². The first-order chi connectivity index (χ1) is 17.3. The fourth-order valence-corrected chi connectivity index (χ4v) is 4.32. The van der Waals surface area contributed by atoms with Crippen LogP contribution < -0.4 is 5.32 Å². The number of nitrogens with zero attached hydrogens (tertiary/aromatic N) is 1. The molecule has 0 saturated carbocycles. The highest BCUT2D eigenvalue weighted by molar-refractivity contribution is 5.90. The zero-order chi connectivity index (χ0) is 26.1. The lowest BCUT2D eigenvalue weighted by Crippen LogP contribution is -2.43. The molecule has 0 radical (unpaired) electrons. The van der Waals surface area contributed by atoms with Gasteiger partial charge in [0.05, 0.1) is 18.8 Å². The summed E-state index contributed by atoms with van der Waals surface area (Å²) in [6.07, 6.45) is 1.23. The molecule has 1 aliphatic heterocycles. The van der Waals surface area contributed by atoms with Gasteiger partial charge < -0.3 is 29.9 Å². The molecule has 2 aromatic rings. The molecule has 0 aliphatic carbocycles. The number of nitrogens with one attached hydrogen (secondary N) is 1. The van der Waals surface area contributed by atoms with E-state index in [1.54, 1.807) is 6.07 Å². The predicted octanol–water partition coefficient (Wildman–Crippen LogP) is 4.28. The number of carbonyl (C=O) groups is 2. The number of amides is 1. The number of rotatable bonds is 12. The average molecular weight is 497 g/mol. The fraction of sp³-hybridized carbons (Fsp3) is 0.429.